The van der Waals surface area contributed by atoms with Crippen molar-refractivity contribution in [1.29, 1.82) is 0 Å². The van der Waals surface area contributed by atoms with Crippen molar-refractivity contribution in [2.45, 2.75) is 293 Å². The number of nitrogens with one attached hydrogen (secondary N) is 1. The van der Waals surface area contributed by atoms with E-state index in [2.05, 4.69) is 19.2 Å². The minimum absolute atomic E-state index is 0.239. The van der Waals surface area contributed by atoms with Gasteiger partial charge in [-0.05, 0) is 19.3 Å². The maximum Gasteiger partial charge on any atom is 0.472 e. The van der Waals surface area contributed by atoms with Gasteiger partial charge in [-0.3, -0.25) is 13.8 Å². The monoisotopic (exact) mass is 936 g/mol. The molecule has 64 heavy (non-hydrogen) atoms. The van der Waals surface area contributed by atoms with Gasteiger partial charge < -0.3 is 46.0 Å². The van der Waals surface area contributed by atoms with Crippen LogP contribution in [0.25, 0.3) is 0 Å². The molecule has 8 unspecified atom stereocenters. The lowest BCUT2D eigenvalue weighted by molar-refractivity contribution is -0.220. The molecule has 8 atom stereocenters. The molecule has 9 N–H and O–H groups in total. The smallest absolute Gasteiger partial charge is 0.393 e. The molecule has 1 saturated carbocycles. The molecule has 0 radical (unpaired) electrons. The van der Waals surface area contributed by atoms with Crippen LogP contribution in [0.5, 0.6) is 0 Å². The summed E-state index contributed by atoms with van der Waals surface area (Å²) in [4.78, 5) is 23.5. The lowest BCUT2D eigenvalue weighted by Crippen LogP contribution is -2.64. The fourth-order valence-corrected chi connectivity index (χ4v) is 9.56. The van der Waals surface area contributed by atoms with Crippen LogP contribution in [0, 0.1) is 0 Å². The highest BCUT2D eigenvalue weighted by molar-refractivity contribution is 7.47. The molecular weight excluding hydrogens is 838 g/mol. The molecule has 1 aliphatic carbocycles. The number of unbranched alkanes of at least 4 members (excludes halogenated alkanes) is 31. The first-order valence-corrected chi connectivity index (χ1v) is 27.7. The molecule has 0 aromatic rings. The number of hydrogen-bond acceptors (Lipinski definition) is 11. The van der Waals surface area contributed by atoms with Gasteiger partial charge in [0.1, 0.15) is 36.6 Å². The molecule has 0 saturated heterocycles. The van der Waals surface area contributed by atoms with Crippen LogP contribution >= 0.6 is 7.82 Å². The van der Waals surface area contributed by atoms with Crippen LogP contribution in [-0.4, -0.2) is 108 Å². The maximum absolute atomic E-state index is 13.0. The fourth-order valence-electron chi connectivity index (χ4n) is 8.60. The Labute approximate surface area is 389 Å². The van der Waals surface area contributed by atoms with Crippen molar-refractivity contribution < 1.29 is 59.0 Å². The summed E-state index contributed by atoms with van der Waals surface area (Å²) in [6.07, 6.45) is 30.0. The van der Waals surface area contributed by atoms with E-state index in [1.807, 2.05) is 0 Å². The molecule has 0 aromatic carbocycles. The highest BCUT2D eigenvalue weighted by atomic mass is 31.2. The Morgan fingerprint density at radius 3 is 1.28 bits per heavy atom. The van der Waals surface area contributed by atoms with Gasteiger partial charge in [0.15, 0.2) is 0 Å². The summed E-state index contributed by atoms with van der Waals surface area (Å²) >= 11 is 0. The summed E-state index contributed by atoms with van der Waals surface area (Å²) < 4.78 is 22.9. The Kier molecular flexibility index (Phi) is 38.1. The van der Waals surface area contributed by atoms with Crippen molar-refractivity contribution in [2.24, 2.45) is 0 Å². The minimum Gasteiger partial charge on any atom is -0.393 e. The van der Waals surface area contributed by atoms with Gasteiger partial charge in [0, 0.05) is 0 Å². The second-order valence-electron chi connectivity index (χ2n) is 18.9. The molecule has 380 valence electrons. The number of carbonyl (C=O) groups is 1. The molecule has 1 fully saturated rings. The molecule has 13 nitrogen and oxygen atoms in total. The zero-order valence-corrected chi connectivity index (χ0v) is 41.4. The molecule has 0 heterocycles. The lowest BCUT2D eigenvalue weighted by Gasteiger charge is -2.41. The van der Waals surface area contributed by atoms with E-state index in [4.69, 9.17) is 9.05 Å². The van der Waals surface area contributed by atoms with Crippen LogP contribution < -0.4 is 5.32 Å². The van der Waals surface area contributed by atoms with Gasteiger partial charge in [0.25, 0.3) is 0 Å². The first-order chi connectivity index (χ1) is 30.8. The number of hydrogen-bond donors (Lipinski definition) is 9. The number of rotatable bonds is 44. The third-order valence-corrected chi connectivity index (χ3v) is 13.9. The van der Waals surface area contributed by atoms with Crippen molar-refractivity contribution in [1.82, 2.24) is 5.32 Å². The molecule has 1 rings (SSSR count). The van der Waals surface area contributed by atoms with Crippen LogP contribution in [0.4, 0.5) is 0 Å². The van der Waals surface area contributed by atoms with Gasteiger partial charge >= 0.3 is 7.82 Å². The van der Waals surface area contributed by atoms with Gasteiger partial charge in [-0.2, -0.15) is 0 Å². The van der Waals surface area contributed by atoms with Crippen molar-refractivity contribution in [2.75, 3.05) is 6.61 Å². The minimum atomic E-state index is -5.14. The summed E-state index contributed by atoms with van der Waals surface area (Å²) in [5.41, 5.74) is 0. The molecule has 0 aliphatic heterocycles. The van der Waals surface area contributed by atoms with E-state index in [0.717, 1.165) is 44.9 Å². The largest absolute Gasteiger partial charge is 0.472 e. The number of carbonyl (C=O) groups excluding carboxylic acids is 1. The van der Waals surface area contributed by atoms with E-state index >= 15 is 0 Å². The van der Waals surface area contributed by atoms with E-state index in [1.165, 1.54) is 167 Å². The molecule has 0 bridgehead atoms. The second-order valence-corrected chi connectivity index (χ2v) is 20.3. The molecular formula is C50H98NO12P. The summed E-state index contributed by atoms with van der Waals surface area (Å²) in [7, 11) is -5.14. The normalized spacial score (nSPS) is 22.7. The third-order valence-electron chi connectivity index (χ3n) is 12.9. The zero-order valence-electron chi connectivity index (χ0n) is 40.5. The number of phosphoric ester groups is 1. The van der Waals surface area contributed by atoms with E-state index in [0.29, 0.717) is 12.8 Å². The average molecular weight is 936 g/mol. The molecule has 1 aliphatic rings. The van der Waals surface area contributed by atoms with E-state index in [9.17, 15) is 50.0 Å². The Morgan fingerprint density at radius 2 is 0.891 bits per heavy atom. The Balaban J connectivity index is 2.48. The molecule has 1 amide bonds. The Bertz CT molecular complexity index is 1150. The van der Waals surface area contributed by atoms with Gasteiger partial charge in [0.05, 0.1) is 31.3 Å². The number of amides is 1. The van der Waals surface area contributed by atoms with Gasteiger partial charge in [-0.25, -0.2) is 4.57 Å². The topological polar surface area (TPSA) is 226 Å². The molecule has 0 spiro atoms. The Morgan fingerprint density at radius 1 is 0.547 bits per heavy atom. The average Bonchev–Trinajstić information content (AvgIpc) is 3.27. The fraction of sp³-hybridized carbons (Fsp3) is 0.940. The SMILES string of the molecule is CCCCCCCCCCCCCCCCC/C=C/C(O)C(COP(=O)(O)OC1C(O)C(O)C(O)C(O)C1O)NC(=O)CC(O)CCCCCCCCCCCCCCCCCCC. The first-order valence-electron chi connectivity index (χ1n) is 26.2. The van der Waals surface area contributed by atoms with Crippen LogP contribution in [0.1, 0.15) is 239 Å². The van der Waals surface area contributed by atoms with Gasteiger partial charge in [-0.15, -0.1) is 0 Å². The van der Waals surface area contributed by atoms with Crippen LogP contribution in [0.2, 0.25) is 0 Å². The summed E-state index contributed by atoms with van der Waals surface area (Å²) in [5.74, 6) is -0.588. The van der Waals surface area contributed by atoms with Crippen LogP contribution in [0.15, 0.2) is 12.2 Å². The number of aliphatic hydroxyl groups excluding tert-OH is 7. The second kappa shape index (κ2) is 40.0. The van der Waals surface area contributed by atoms with Crippen LogP contribution in [-0.2, 0) is 18.4 Å². The predicted octanol–water partition coefficient (Wildman–Crippen LogP) is 9.76. The van der Waals surface area contributed by atoms with E-state index in [-0.39, 0.29) is 6.42 Å². The molecule has 14 heteroatoms. The summed E-state index contributed by atoms with van der Waals surface area (Å²) in [6.45, 7) is 3.77. The van der Waals surface area contributed by atoms with E-state index < -0.39 is 75.2 Å². The van der Waals surface area contributed by atoms with Crippen molar-refractivity contribution in [3.05, 3.63) is 12.2 Å². The van der Waals surface area contributed by atoms with Gasteiger partial charge in [-0.1, -0.05) is 225 Å². The van der Waals surface area contributed by atoms with Crippen LogP contribution in [0.3, 0.4) is 0 Å². The highest BCUT2D eigenvalue weighted by Crippen LogP contribution is 2.47. The molecule has 0 aromatic heterocycles. The lowest BCUT2D eigenvalue weighted by atomic mass is 9.85. The number of aliphatic hydroxyl groups is 7. The quantitative estimate of drug-likeness (QED) is 0.0158. The number of allylic oxidation sites excluding steroid dienone is 1. The highest BCUT2D eigenvalue weighted by Gasteiger charge is 2.51. The summed E-state index contributed by atoms with van der Waals surface area (Å²) in [6, 6.07) is -1.24. The maximum atomic E-state index is 13.0. The van der Waals surface area contributed by atoms with Crippen molar-refractivity contribution in [3.63, 3.8) is 0 Å². The van der Waals surface area contributed by atoms with Crippen molar-refractivity contribution >= 4 is 13.7 Å². The predicted molar refractivity (Wildman–Crippen MR) is 257 cm³/mol. The third kappa shape index (κ3) is 31.2. The van der Waals surface area contributed by atoms with Crippen molar-refractivity contribution in [3.8, 4) is 0 Å². The summed E-state index contributed by atoms with van der Waals surface area (Å²) in [5, 5.41) is 74.7. The Hall–Kier alpha value is -0.960. The number of phosphoric acid groups is 1. The first kappa shape index (κ1) is 61.1. The van der Waals surface area contributed by atoms with E-state index in [1.54, 1.807) is 6.08 Å². The van der Waals surface area contributed by atoms with Gasteiger partial charge in [0.2, 0.25) is 5.91 Å². The standard InChI is InChI=1S/C50H98NO12P/c1-3-5-7-9-11-13-15-17-19-21-23-25-27-29-31-33-35-37-41(52)39-44(54)51-42(40-62-64(60,61)63-50-48(58)46(56)45(55)47(57)49(50)59)43(53)38-36-34-32-30-28-26-24-22-20-18-16-14-12-10-8-6-4-2/h36,38,41-43,45-50,52-53,55-59H,3-35,37,39-40H2,1-2H3,(H,51,54)(H,60,61)/b38-36+. The zero-order chi connectivity index (χ0) is 47.3.